The second-order valence-electron chi connectivity index (χ2n) is 8.00. The van der Waals surface area contributed by atoms with E-state index in [4.69, 9.17) is 14.2 Å². The van der Waals surface area contributed by atoms with Crippen molar-refractivity contribution in [2.75, 3.05) is 26.2 Å². The van der Waals surface area contributed by atoms with E-state index < -0.39 is 11.4 Å². The maximum atomic E-state index is 11.7. The molecule has 1 aliphatic heterocycles. The first-order chi connectivity index (χ1) is 10.5. The Kier molecular flexibility index (Phi) is 7.29. The lowest BCUT2D eigenvalue weighted by Crippen LogP contribution is -2.41. The summed E-state index contributed by atoms with van der Waals surface area (Å²) in [7, 11) is 0. The summed E-state index contributed by atoms with van der Waals surface area (Å²) < 4.78 is 16.6. The number of amides is 1. The van der Waals surface area contributed by atoms with Crippen molar-refractivity contribution in [3.05, 3.63) is 0 Å². The summed E-state index contributed by atoms with van der Waals surface area (Å²) in [5.74, 6) is 0.301. The number of rotatable bonds is 7. The minimum absolute atomic E-state index is 0.0802. The van der Waals surface area contributed by atoms with Gasteiger partial charge >= 0.3 is 6.09 Å². The van der Waals surface area contributed by atoms with E-state index in [2.05, 4.69) is 24.5 Å². The Labute approximate surface area is 140 Å². The molecule has 1 aliphatic rings. The highest BCUT2D eigenvalue weighted by molar-refractivity contribution is 5.67. The number of carbonyl (C=O) groups is 1. The molecule has 2 atom stereocenters. The van der Waals surface area contributed by atoms with Crippen molar-refractivity contribution in [3.8, 4) is 0 Å². The van der Waals surface area contributed by atoms with Gasteiger partial charge in [0.15, 0.2) is 5.79 Å². The molecule has 0 bridgehead atoms. The van der Waals surface area contributed by atoms with Gasteiger partial charge in [-0.1, -0.05) is 13.8 Å². The standard InChI is InChI=1S/C17H34N2O4/c1-12(2)13(9-19-15(20)23-16(3,4)5)8-18-10-14-11-21-17(6,7)22-14/h12-14,18H,8-11H2,1-7H3,(H,19,20). The first-order valence-corrected chi connectivity index (χ1v) is 8.48. The molecule has 136 valence electrons. The number of ether oxygens (including phenoxy) is 3. The number of hydrogen-bond acceptors (Lipinski definition) is 5. The molecule has 6 heteroatoms. The van der Waals surface area contributed by atoms with E-state index in [0.29, 0.717) is 25.0 Å². The van der Waals surface area contributed by atoms with Crippen LogP contribution in [0.25, 0.3) is 0 Å². The maximum absolute atomic E-state index is 11.7. The summed E-state index contributed by atoms with van der Waals surface area (Å²) in [6.07, 6.45) is -0.283. The van der Waals surface area contributed by atoms with Crippen molar-refractivity contribution < 1.29 is 19.0 Å². The fourth-order valence-corrected chi connectivity index (χ4v) is 2.37. The predicted molar refractivity (Wildman–Crippen MR) is 90.3 cm³/mol. The lowest BCUT2D eigenvalue weighted by molar-refractivity contribution is -0.137. The van der Waals surface area contributed by atoms with Crippen LogP contribution in [0, 0.1) is 11.8 Å². The molecule has 1 amide bonds. The highest BCUT2D eigenvalue weighted by atomic mass is 16.7. The molecule has 1 heterocycles. The zero-order valence-corrected chi connectivity index (χ0v) is 15.7. The molecule has 1 saturated heterocycles. The van der Waals surface area contributed by atoms with Crippen LogP contribution >= 0.6 is 0 Å². The van der Waals surface area contributed by atoms with Crippen molar-refractivity contribution in [2.45, 2.75) is 66.0 Å². The van der Waals surface area contributed by atoms with Gasteiger partial charge in [0.25, 0.3) is 0 Å². The van der Waals surface area contributed by atoms with Gasteiger partial charge in [-0.3, -0.25) is 0 Å². The highest BCUT2D eigenvalue weighted by Gasteiger charge is 2.32. The minimum Gasteiger partial charge on any atom is -0.444 e. The van der Waals surface area contributed by atoms with Crippen LogP contribution in [-0.4, -0.2) is 49.8 Å². The summed E-state index contributed by atoms with van der Waals surface area (Å²) >= 11 is 0. The Hall–Kier alpha value is -0.850. The summed E-state index contributed by atoms with van der Waals surface area (Å²) in [4.78, 5) is 11.7. The van der Waals surface area contributed by atoms with E-state index >= 15 is 0 Å². The average molecular weight is 330 g/mol. The van der Waals surface area contributed by atoms with E-state index in [0.717, 1.165) is 13.1 Å². The molecule has 1 fully saturated rings. The molecule has 2 N–H and O–H groups in total. The third-order valence-corrected chi connectivity index (χ3v) is 3.70. The molecule has 0 saturated carbocycles. The normalized spacial score (nSPS) is 22.2. The van der Waals surface area contributed by atoms with Gasteiger partial charge in [0.2, 0.25) is 0 Å². The van der Waals surface area contributed by atoms with Crippen LogP contribution in [-0.2, 0) is 14.2 Å². The molecular formula is C17H34N2O4. The fraction of sp³-hybridized carbons (Fsp3) is 0.941. The first kappa shape index (κ1) is 20.2. The van der Waals surface area contributed by atoms with E-state index in [9.17, 15) is 4.79 Å². The van der Waals surface area contributed by atoms with Crippen LogP contribution in [0.5, 0.6) is 0 Å². The molecule has 0 aromatic rings. The van der Waals surface area contributed by atoms with Gasteiger partial charge < -0.3 is 24.8 Å². The quantitative estimate of drug-likeness (QED) is 0.751. The Balaban J connectivity index is 2.28. The number of carbonyl (C=O) groups excluding carboxylic acids is 1. The second-order valence-corrected chi connectivity index (χ2v) is 8.00. The van der Waals surface area contributed by atoms with E-state index in [1.54, 1.807) is 0 Å². The van der Waals surface area contributed by atoms with Crippen molar-refractivity contribution in [1.29, 1.82) is 0 Å². The van der Waals surface area contributed by atoms with Crippen molar-refractivity contribution >= 4 is 6.09 Å². The molecule has 0 aliphatic carbocycles. The van der Waals surface area contributed by atoms with Gasteiger partial charge in [-0.25, -0.2) is 4.79 Å². The van der Waals surface area contributed by atoms with Crippen LogP contribution in [0.2, 0.25) is 0 Å². The molecule has 1 rings (SSSR count). The minimum atomic E-state index is -0.484. The second kappa shape index (κ2) is 8.31. The molecule has 0 aromatic heterocycles. The van der Waals surface area contributed by atoms with Gasteiger partial charge in [0.1, 0.15) is 5.60 Å². The smallest absolute Gasteiger partial charge is 0.407 e. The number of hydrogen-bond donors (Lipinski definition) is 2. The summed E-state index contributed by atoms with van der Waals surface area (Å²) in [6.45, 7) is 16.5. The van der Waals surface area contributed by atoms with Crippen LogP contribution < -0.4 is 10.6 Å². The van der Waals surface area contributed by atoms with Crippen LogP contribution in [0.15, 0.2) is 0 Å². The zero-order valence-electron chi connectivity index (χ0n) is 15.7. The van der Waals surface area contributed by atoms with Gasteiger partial charge in [-0.15, -0.1) is 0 Å². The topological polar surface area (TPSA) is 68.8 Å². The lowest BCUT2D eigenvalue weighted by Gasteiger charge is -2.24. The summed E-state index contributed by atoms with van der Waals surface area (Å²) in [6, 6.07) is 0. The fourth-order valence-electron chi connectivity index (χ4n) is 2.37. The third kappa shape index (κ3) is 8.53. The Morgan fingerprint density at radius 1 is 1.30 bits per heavy atom. The van der Waals surface area contributed by atoms with Gasteiger partial charge in [-0.05, 0) is 53.0 Å². The van der Waals surface area contributed by atoms with Crippen LogP contribution in [0.4, 0.5) is 4.79 Å². The van der Waals surface area contributed by atoms with Gasteiger partial charge in [0, 0.05) is 13.1 Å². The number of alkyl carbamates (subject to hydrolysis) is 1. The molecule has 23 heavy (non-hydrogen) atoms. The van der Waals surface area contributed by atoms with E-state index in [1.807, 2.05) is 34.6 Å². The first-order valence-electron chi connectivity index (χ1n) is 8.48. The molecule has 0 aromatic carbocycles. The largest absolute Gasteiger partial charge is 0.444 e. The monoisotopic (exact) mass is 330 g/mol. The van der Waals surface area contributed by atoms with Crippen molar-refractivity contribution in [2.24, 2.45) is 11.8 Å². The Bertz CT molecular complexity index is 377. The predicted octanol–water partition coefficient (Wildman–Crippen LogP) is 2.52. The van der Waals surface area contributed by atoms with Crippen LogP contribution in [0.3, 0.4) is 0 Å². The van der Waals surface area contributed by atoms with E-state index in [1.165, 1.54) is 0 Å². The third-order valence-electron chi connectivity index (χ3n) is 3.70. The maximum Gasteiger partial charge on any atom is 0.407 e. The van der Waals surface area contributed by atoms with Crippen molar-refractivity contribution in [3.63, 3.8) is 0 Å². The zero-order chi connectivity index (χ0) is 17.7. The lowest BCUT2D eigenvalue weighted by atomic mass is 9.96. The van der Waals surface area contributed by atoms with Gasteiger partial charge in [-0.2, -0.15) is 0 Å². The van der Waals surface area contributed by atoms with E-state index in [-0.39, 0.29) is 12.2 Å². The molecule has 6 nitrogen and oxygen atoms in total. The molecule has 2 unspecified atom stereocenters. The Morgan fingerprint density at radius 2 is 1.96 bits per heavy atom. The Morgan fingerprint density at radius 3 is 2.43 bits per heavy atom. The number of nitrogens with one attached hydrogen (secondary N) is 2. The average Bonchev–Trinajstić information content (AvgIpc) is 2.70. The van der Waals surface area contributed by atoms with Crippen molar-refractivity contribution in [1.82, 2.24) is 10.6 Å². The molecule has 0 spiro atoms. The highest BCUT2D eigenvalue weighted by Crippen LogP contribution is 2.21. The molecular weight excluding hydrogens is 296 g/mol. The molecule has 0 radical (unpaired) electrons. The summed E-state index contributed by atoms with van der Waals surface area (Å²) in [5, 5.41) is 6.28. The SMILES string of the molecule is CC(C)C(CNCC1COC(C)(C)O1)CNC(=O)OC(C)(C)C. The van der Waals surface area contributed by atoms with Crippen LogP contribution in [0.1, 0.15) is 48.5 Å². The van der Waals surface area contributed by atoms with Gasteiger partial charge in [0.05, 0.1) is 12.7 Å². The summed E-state index contributed by atoms with van der Waals surface area (Å²) in [5.41, 5.74) is -0.470.